The second kappa shape index (κ2) is 6.11. The molecule has 98 valence electrons. The number of aliphatic hydroxyl groups excluding tert-OH is 1. The van der Waals surface area contributed by atoms with Gasteiger partial charge in [0.05, 0.1) is 7.11 Å². The van der Waals surface area contributed by atoms with Crippen LogP contribution in [0.1, 0.15) is 23.7 Å². The third kappa shape index (κ3) is 3.27. The molecule has 18 heavy (non-hydrogen) atoms. The van der Waals surface area contributed by atoms with Gasteiger partial charge in [0.1, 0.15) is 5.82 Å². The van der Waals surface area contributed by atoms with Crippen molar-refractivity contribution in [2.24, 2.45) is 0 Å². The van der Waals surface area contributed by atoms with Gasteiger partial charge in [-0.3, -0.25) is 4.79 Å². The van der Waals surface area contributed by atoms with E-state index in [2.05, 4.69) is 4.74 Å². The molecular weight excluding hydrogens is 243 g/mol. The number of rotatable bonds is 5. The molecule has 6 heteroatoms. The maximum absolute atomic E-state index is 13.5. The normalized spacial score (nSPS) is 11.9. The summed E-state index contributed by atoms with van der Waals surface area (Å²) in [5.41, 5.74) is -0.0378. The van der Waals surface area contributed by atoms with Gasteiger partial charge in [0.25, 0.3) is 0 Å². The molecule has 0 aliphatic heterocycles. The number of esters is 1. The molecule has 1 aromatic rings. The Hall–Kier alpha value is -1.95. The van der Waals surface area contributed by atoms with Crippen molar-refractivity contribution in [2.45, 2.75) is 18.9 Å². The molecule has 5 nitrogen and oxygen atoms in total. The molecule has 1 atom stereocenters. The predicted octanol–water partition coefficient (Wildman–Crippen LogP) is 1.05. The van der Waals surface area contributed by atoms with Crippen LogP contribution in [0.15, 0.2) is 18.2 Å². The second-order valence-corrected chi connectivity index (χ2v) is 3.63. The van der Waals surface area contributed by atoms with Crippen LogP contribution in [0.5, 0.6) is 0 Å². The summed E-state index contributed by atoms with van der Waals surface area (Å²) in [6, 6.07) is 3.91. The quantitative estimate of drug-likeness (QED) is 0.769. The lowest BCUT2D eigenvalue weighted by Crippen LogP contribution is -2.15. The lowest BCUT2D eigenvalue weighted by Gasteiger charge is -2.12. The van der Waals surface area contributed by atoms with E-state index in [0.29, 0.717) is 0 Å². The van der Waals surface area contributed by atoms with E-state index in [0.717, 1.165) is 6.07 Å². The number of carbonyl (C=O) groups is 2. The van der Waals surface area contributed by atoms with Crippen molar-refractivity contribution in [3.63, 3.8) is 0 Å². The molecule has 0 fully saturated rings. The van der Waals surface area contributed by atoms with Crippen LogP contribution in [0.3, 0.4) is 0 Å². The number of ether oxygens (including phenoxy) is 1. The fraction of sp³-hybridized carbons (Fsp3) is 0.333. The molecule has 1 aromatic carbocycles. The van der Waals surface area contributed by atoms with E-state index >= 15 is 0 Å². The van der Waals surface area contributed by atoms with Crippen molar-refractivity contribution >= 4 is 11.9 Å². The molecule has 0 aromatic heterocycles. The molecule has 0 aliphatic rings. The van der Waals surface area contributed by atoms with Gasteiger partial charge in [-0.05, 0) is 18.1 Å². The van der Waals surface area contributed by atoms with Gasteiger partial charge in [0, 0.05) is 12.0 Å². The van der Waals surface area contributed by atoms with Gasteiger partial charge in [-0.2, -0.15) is 0 Å². The summed E-state index contributed by atoms with van der Waals surface area (Å²) < 4.78 is 18.0. The first kappa shape index (κ1) is 14.1. The highest BCUT2D eigenvalue weighted by Gasteiger charge is 2.23. The maximum atomic E-state index is 13.5. The molecule has 0 saturated heterocycles. The third-order valence-corrected chi connectivity index (χ3v) is 2.48. The van der Waals surface area contributed by atoms with E-state index in [9.17, 15) is 19.1 Å². The first-order chi connectivity index (χ1) is 8.47. The number of aliphatic hydroxyl groups is 1. The summed E-state index contributed by atoms with van der Waals surface area (Å²) in [7, 11) is 1.22. The van der Waals surface area contributed by atoms with Crippen molar-refractivity contribution in [2.75, 3.05) is 7.11 Å². The standard InChI is InChI=1S/C12H13FO5/c1-18-9(14)6-5-7-3-2-4-8(13)10(7)11(15)12(16)17/h2-4,11,15H,5-6H2,1H3,(H,16,17). The Morgan fingerprint density at radius 2 is 2.11 bits per heavy atom. The van der Waals surface area contributed by atoms with Crippen LogP contribution in [0.2, 0.25) is 0 Å². The fourth-order valence-corrected chi connectivity index (χ4v) is 1.57. The molecule has 0 spiro atoms. The van der Waals surface area contributed by atoms with Crippen LogP contribution in [-0.2, 0) is 20.7 Å². The summed E-state index contributed by atoms with van der Waals surface area (Å²) >= 11 is 0. The van der Waals surface area contributed by atoms with Gasteiger partial charge in [-0.15, -0.1) is 0 Å². The summed E-state index contributed by atoms with van der Waals surface area (Å²) in [4.78, 5) is 21.7. The number of methoxy groups -OCH3 is 1. The van der Waals surface area contributed by atoms with Crippen LogP contribution < -0.4 is 0 Å². The Morgan fingerprint density at radius 3 is 2.67 bits per heavy atom. The van der Waals surface area contributed by atoms with Gasteiger partial charge in [0.15, 0.2) is 6.10 Å². The Bertz CT molecular complexity index is 458. The minimum atomic E-state index is -1.95. The first-order valence-corrected chi connectivity index (χ1v) is 5.22. The smallest absolute Gasteiger partial charge is 0.337 e. The minimum Gasteiger partial charge on any atom is -0.479 e. The second-order valence-electron chi connectivity index (χ2n) is 3.63. The SMILES string of the molecule is COC(=O)CCc1cccc(F)c1C(O)C(=O)O. The Labute approximate surface area is 103 Å². The van der Waals surface area contributed by atoms with E-state index in [1.165, 1.54) is 19.2 Å². The van der Waals surface area contributed by atoms with E-state index in [-0.39, 0.29) is 24.0 Å². The van der Waals surface area contributed by atoms with Gasteiger partial charge >= 0.3 is 11.9 Å². The molecule has 0 saturated carbocycles. The van der Waals surface area contributed by atoms with Crippen LogP contribution in [0.4, 0.5) is 4.39 Å². The largest absolute Gasteiger partial charge is 0.479 e. The molecule has 0 amide bonds. The highest BCUT2D eigenvalue weighted by Crippen LogP contribution is 2.23. The lowest BCUT2D eigenvalue weighted by atomic mass is 9.98. The number of hydrogen-bond donors (Lipinski definition) is 2. The van der Waals surface area contributed by atoms with Crippen molar-refractivity contribution in [1.82, 2.24) is 0 Å². The zero-order valence-electron chi connectivity index (χ0n) is 9.72. The monoisotopic (exact) mass is 256 g/mol. The van der Waals surface area contributed by atoms with Crippen molar-refractivity contribution < 1.29 is 28.9 Å². The highest BCUT2D eigenvalue weighted by atomic mass is 19.1. The average Bonchev–Trinajstić information content (AvgIpc) is 2.35. The fourth-order valence-electron chi connectivity index (χ4n) is 1.57. The van der Waals surface area contributed by atoms with Gasteiger partial charge < -0.3 is 14.9 Å². The number of carboxylic acids is 1. The van der Waals surface area contributed by atoms with Crippen LogP contribution >= 0.6 is 0 Å². The summed E-state index contributed by atoms with van der Waals surface area (Å²) in [6.07, 6.45) is -1.86. The number of aryl methyl sites for hydroxylation is 1. The topological polar surface area (TPSA) is 83.8 Å². The van der Waals surface area contributed by atoms with Crippen molar-refractivity contribution in [3.05, 3.63) is 35.1 Å². The lowest BCUT2D eigenvalue weighted by molar-refractivity contribution is -0.147. The Morgan fingerprint density at radius 1 is 1.44 bits per heavy atom. The van der Waals surface area contributed by atoms with Crippen molar-refractivity contribution in [3.8, 4) is 0 Å². The number of aliphatic carboxylic acids is 1. The molecule has 0 radical (unpaired) electrons. The summed E-state index contributed by atoms with van der Waals surface area (Å²) in [5, 5.41) is 18.1. The van der Waals surface area contributed by atoms with Gasteiger partial charge in [0.2, 0.25) is 0 Å². The zero-order valence-corrected chi connectivity index (χ0v) is 9.72. The van der Waals surface area contributed by atoms with Crippen LogP contribution in [0.25, 0.3) is 0 Å². The Kier molecular flexibility index (Phi) is 4.79. The molecule has 0 bridgehead atoms. The average molecular weight is 256 g/mol. The van der Waals surface area contributed by atoms with E-state index in [1.54, 1.807) is 0 Å². The molecular formula is C12H13FO5. The minimum absolute atomic E-state index is 0.0146. The molecule has 1 rings (SSSR count). The van der Waals surface area contributed by atoms with Gasteiger partial charge in [-0.25, -0.2) is 9.18 Å². The predicted molar refractivity (Wildman–Crippen MR) is 59.3 cm³/mol. The zero-order chi connectivity index (χ0) is 13.7. The Balaban J connectivity index is 3.00. The highest BCUT2D eigenvalue weighted by molar-refractivity contribution is 5.75. The molecule has 2 N–H and O–H groups in total. The number of hydrogen-bond acceptors (Lipinski definition) is 4. The van der Waals surface area contributed by atoms with Crippen LogP contribution in [-0.4, -0.2) is 29.3 Å². The van der Waals surface area contributed by atoms with E-state index < -0.39 is 23.9 Å². The molecule has 0 aliphatic carbocycles. The van der Waals surface area contributed by atoms with Crippen molar-refractivity contribution in [1.29, 1.82) is 0 Å². The first-order valence-electron chi connectivity index (χ1n) is 5.22. The third-order valence-electron chi connectivity index (χ3n) is 2.48. The number of benzene rings is 1. The number of carboxylic acid groups (broad SMARTS) is 1. The number of carbonyl (C=O) groups excluding carboxylic acids is 1. The molecule has 1 unspecified atom stereocenters. The number of halogens is 1. The summed E-state index contributed by atoms with van der Waals surface area (Å²) in [5.74, 6) is -2.85. The van der Waals surface area contributed by atoms with E-state index in [1.807, 2.05) is 0 Å². The van der Waals surface area contributed by atoms with E-state index in [4.69, 9.17) is 5.11 Å². The van der Waals surface area contributed by atoms with Gasteiger partial charge in [-0.1, -0.05) is 12.1 Å². The molecule has 0 heterocycles. The summed E-state index contributed by atoms with van der Waals surface area (Å²) in [6.45, 7) is 0. The van der Waals surface area contributed by atoms with Crippen LogP contribution in [0, 0.1) is 5.82 Å². The maximum Gasteiger partial charge on any atom is 0.337 e.